The van der Waals surface area contributed by atoms with Gasteiger partial charge in [-0.15, -0.1) is 0 Å². The molecule has 0 aliphatic carbocycles. The summed E-state index contributed by atoms with van der Waals surface area (Å²) in [6, 6.07) is 12.9. The van der Waals surface area contributed by atoms with E-state index in [-0.39, 0.29) is 12.1 Å². The molecule has 0 saturated carbocycles. The summed E-state index contributed by atoms with van der Waals surface area (Å²) in [7, 11) is 1.63. The highest BCUT2D eigenvalue weighted by atomic mass is 16.5. The minimum absolute atomic E-state index is 0.0707. The Balaban J connectivity index is 2.16. The van der Waals surface area contributed by atoms with Gasteiger partial charge in [0.1, 0.15) is 12.3 Å². The third-order valence-electron chi connectivity index (χ3n) is 2.85. The van der Waals surface area contributed by atoms with Gasteiger partial charge in [-0.1, -0.05) is 24.3 Å². The summed E-state index contributed by atoms with van der Waals surface area (Å²) in [5.41, 5.74) is 1.65. The van der Waals surface area contributed by atoms with Crippen molar-refractivity contribution in [3.8, 4) is 11.8 Å². The first-order chi connectivity index (χ1) is 9.72. The fourth-order valence-corrected chi connectivity index (χ4v) is 1.74. The van der Waals surface area contributed by atoms with Gasteiger partial charge >= 0.3 is 0 Å². The fourth-order valence-electron chi connectivity index (χ4n) is 1.74. The van der Waals surface area contributed by atoms with Gasteiger partial charge in [-0.05, 0) is 29.3 Å². The van der Waals surface area contributed by atoms with Gasteiger partial charge in [0.2, 0.25) is 0 Å². The Morgan fingerprint density at radius 3 is 2.50 bits per heavy atom. The SMILES string of the molecule is COc1ccc(/C=C/c2ccn(CC#N)c(=O)c2)cc1. The van der Waals surface area contributed by atoms with Gasteiger partial charge in [-0.25, -0.2) is 0 Å². The maximum Gasteiger partial charge on any atom is 0.252 e. The zero-order valence-corrected chi connectivity index (χ0v) is 11.1. The highest BCUT2D eigenvalue weighted by Crippen LogP contribution is 2.13. The maximum absolute atomic E-state index is 11.7. The number of nitrogens with zero attached hydrogens (tertiary/aromatic N) is 2. The second-order valence-electron chi connectivity index (χ2n) is 4.19. The molecule has 1 aromatic heterocycles. The van der Waals surface area contributed by atoms with Crippen molar-refractivity contribution in [3.05, 3.63) is 64.1 Å². The highest BCUT2D eigenvalue weighted by Gasteiger charge is 1.96. The van der Waals surface area contributed by atoms with Crippen LogP contribution in [0.15, 0.2) is 47.4 Å². The van der Waals surface area contributed by atoms with Crippen molar-refractivity contribution in [2.75, 3.05) is 7.11 Å². The molecule has 0 amide bonds. The summed E-state index contributed by atoms with van der Waals surface area (Å²) in [4.78, 5) is 11.7. The molecule has 4 nitrogen and oxygen atoms in total. The van der Waals surface area contributed by atoms with E-state index in [2.05, 4.69) is 0 Å². The molecule has 0 N–H and O–H groups in total. The first-order valence-electron chi connectivity index (χ1n) is 6.12. The Bertz CT molecular complexity index is 706. The molecule has 0 aliphatic rings. The molecule has 1 aromatic carbocycles. The largest absolute Gasteiger partial charge is 0.497 e. The minimum Gasteiger partial charge on any atom is -0.497 e. The van der Waals surface area contributed by atoms with Crippen molar-refractivity contribution in [1.29, 1.82) is 5.26 Å². The number of hydrogen-bond acceptors (Lipinski definition) is 3. The van der Waals surface area contributed by atoms with Gasteiger partial charge in [0.25, 0.3) is 5.56 Å². The molecular weight excluding hydrogens is 252 g/mol. The standard InChI is InChI=1S/C16H14N2O2/c1-20-15-6-4-13(5-7-15)2-3-14-8-10-18(11-9-17)16(19)12-14/h2-8,10,12H,11H2,1H3/b3-2+. The fraction of sp³-hybridized carbons (Fsp3) is 0.125. The Morgan fingerprint density at radius 1 is 1.20 bits per heavy atom. The van der Waals surface area contributed by atoms with E-state index in [1.807, 2.05) is 42.5 Å². The number of pyridine rings is 1. The van der Waals surface area contributed by atoms with E-state index in [1.54, 1.807) is 19.4 Å². The van der Waals surface area contributed by atoms with Crippen LogP contribution < -0.4 is 10.3 Å². The van der Waals surface area contributed by atoms with E-state index in [1.165, 1.54) is 10.6 Å². The lowest BCUT2D eigenvalue weighted by atomic mass is 10.1. The summed E-state index contributed by atoms with van der Waals surface area (Å²) in [6.45, 7) is 0.0707. The Hall–Kier alpha value is -2.80. The lowest BCUT2D eigenvalue weighted by molar-refractivity contribution is 0.415. The lowest BCUT2D eigenvalue weighted by Crippen LogP contribution is -2.17. The van der Waals surface area contributed by atoms with Crippen LogP contribution in [0, 0.1) is 11.3 Å². The Morgan fingerprint density at radius 2 is 1.90 bits per heavy atom. The molecule has 2 rings (SSSR count). The van der Waals surface area contributed by atoms with Crippen LogP contribution in [0.1, 0.15) is 11.1 Å². The normalized spacial score (nSPS) is 10.4. The third kappa shape index (κ3) is 3.36. The Kier molecular flexibility index (Phi) is 4.35. The van der Waals surface area contributed by atoms with Gasteiger partial charge in [-0.2, -0.15) is 5.26 Å². The lowest BCUT2D eigenvalue weighted by Gasteiger charge is -2.00. The van der Waals surface area contributed by atoms with Gasteiger partial charge in [0, 0.05) is 12.3 Å². The summed E-state index contributed by atoms with van der Waals surface area (Å²) in [6.07, 6.45) is 5.40. The molecule has 1 heterocycles. The summed E-state index contributed by atoms with van der Waals surface area (Å²) >= 11 is 0. The van der Waals surface area contributed by atoms with Crippen LogP contribution in [0.3, 0.4) is 0 Å². The Labute approximate surface area is 117 Å². The van der Waals surface area contributed by atoms with Gasteiger partial charge in [0.15, 0.2) is 0 Å². The quantitative estimate of drug-likeness (QED) is 0.854. The van der Waals surface area contributed by atoms with Crippen molar-refractivity contribution in [1.82, 2.24) is 4.57 Å². The molecule has 20 heavy (non-hydrogen) atoms. The van der Waals surface area contributed by atoms with Gasteiger partial charge in [-0.3, -0.25) is 4.79 Å². The van der Waals surface area contributed by atoms with Crippen molar-refractivity contribution in [3.63, 3.8) is 0 Å². The zero-order valence-electron chi connectivity index (χ0n) is 11.1. The third-order valence-corrected chi connectivity index (χ3v) is 2.85. The monoisotopic (exact) mass is 266 g/mol. The number of benzene rings is 1. The van der Waals surface area contributed by atoms with Crippen LogP contribution in [-0.4, -0.2) is 11.7 Å². The summed E-state index contributed by atoms with van der Waals surface area (Å²) in [5, 5.41) is 8.57. The first kappa shape index (κ1) is 13.6. The number of hydrogen-bond donors (Lipinski definition) is 0. The molecule has 2 aromatic rings. The van der Waals surface area contributed by atoms with Crippen LogP contribution in [0.2, 0.25) is 0 Å². The average Bonchev–Trinajstić information content (AvgIpc) is 2.48. The number of ether oxygens (including phenoxy) is 1. The highest BCUT2D eigenvalue weighted by molar-refractivity contribution is 5.69. The van der Waals surface area contributed by atoms with Gasteiger partial charge < -0.3 is 9.30 Å². The van der Waals surface area contributed by atoms with E-state index in [4.69, 9.17) is 10.00 Å². The summed E-state index contributed by atoms with van der Waals surface area (Å²) < 4.78 is 6.46. The average molecular weight is 266 g/mol. The van der Waals surface area contributed by atoms with E-state index in [9.17, 15) is 4.79 Å². The molecule has 0 saturated heterocycles. The topological polar surface area (TPSA) is 55.0 Å². The molecule has 4 heteroatoms. The van der Waals surface area contributed by atoms with E-state index in [0.29, 0.717) is 0 Å². The second-order valence-corrected chi connectivity index (χ2v) is 4.19. The van der Waals surface area contributed by atoms with E-state index in [0.717, 1.165) is 16.9 Å². The van der Waals surface area contributed by atoms with Crippen LogP contribution in [0.25, 0.3) is 12.2 Å². The molecule has 0 aliphatic heterocycles. The molecule has 0 unspecified atom stereocenters. The minimum atomic E-state index is -0.177. The molecular formula is C16H14N2O2. The molecule has 0 fully saturated rings. The molecule has 100 valence electrons. The second kappa shape index (κ2) is 6.39. The van der Waals surface area contributed by atoms with Crippen molar-refractivity contribution < 1.29 is 4.74 Å². The van der Waals surface area contributed by atoms with Crippen molar-refractivity contribution >= 4 is 12.2 Å². The van der Waals surface area contributed by atoms with Crippen molar-refractivity contribution in [2.45, 2.75) is 6.54 Å². The first-order valence-corrected chi connectivity index (χ1v) is 6.12. The van der Waals surface area contributed by atoms with E-state index >= 15 is 0 Å². The number of nitriles is 1. The van der Waals surface area contributed by atoms with Gasteiger partial charge in [0.05, 0.1) is 13.2 Å². The maximum atomic E-state index is 11.7. The zero-order chi connectivity index (χ0) is 14.4. The molecule has 0 radical (unpaired) electrons. The molecule has 0 atom stereocenters. The van der Waals surface area contributed by atoms with E-state index < -0.39 is 0 Å². The molecule has 0 spiro atoms. The number of rotatable bonds is 4. The predicted molar refractivity (Wildman–Crippen MR) is 78.2 cm³/mol. The summed E-state index contributed by atoms with van der Waals surface area (Å²) in [5.74, 6) is 0.807. The number of methoxy groups -OCH3 is 1. The number of aromatic nitrogens is 1. The van der Waals surface area contributed by atoms with Crippen LogP contribution in [0.4, 0.5) is 0 Å². The predicted octanol–water partition coefficient (Wildman–Crippen LogP) is 2.55. The van der Waals surface area contributed by atoms with Crippen LogP contribution in [-0.2, 0) is 6.54 Å². The molecule has 0 bridgehead atoms. The van der Waals surface area contributed by atoms with Crippen molar-refractivity contribution in [2.24, 2.45) is 0 Å². The smallest absolute Gasteiger partial charge is 0.252 e. The van der Waals surface area contributed by atoms with Crippen LogP contribution in [0.5, 0.6) is 5.75 Å². The van der Waals surface area contributed by atoms with Crippen LogP contribution >= 0.6 is 0 Å².